The predicted molar refractivity (Wildman–Crippen MR) is 190 cm³/mol. The highest BCUT2D eigenvalue weighted by atomic mass is 19.1. The van der Waals surface area contributed by atoms with Crippen LogP contribution in [0.4, 0.5) is 4.39 Å². The van der Waals surface area contributed by atoms with Gasteiger partial charge in [-0.2, -0.15) is 0 Å². The Morgan fingerprint density at radius 2 is 1.75 bits per heavy atom. The summed E-state index contributed by atoms with van der Waals surface area (Å²) in [6.07, 6.45) is 5.78. The quantitative estimate of drug-likeness (QED) is 0.338. The Bertz CT molecular complexity index is 1510. The molecular weight excluding hydrogens is 649 g/mol. The third-order valence-corrected chi connectivity index (χ3v) is 16.8. The first-order valence-corrected chi connectivity index (χ1v) is 19.9. The van der Waals surface area contributed by atoms with E-state index in [4.69, 9.17) is 14.2 Å². The molecule has 0 radical (unpaired) electrons. The molecule has 0 aromatic heterocycles. The van der Waals surface area contributed by atoms with Crippen LogP contribution < -0.4 is 0 Å². The number of benzene rings is 1. The van der Waals surface area contributed by atoms with Crippen molar-refractivity contribution in [1.29, 1.82) is 0 Å². The second kappa shape index (κ2) is 11.9. The topological polar surface area (TPSA) is 109 Å². The van der Waals surface area contributed by atoms with Gasteiger partial charge in [-0.05, 0) is 128 Å². The van der Waals surface area contributed by atoms with Gasteiger partial charge < -0.3 is 34.4 Å². The molecule has 284 valence electrons. The molecule has 14 atom stereocenters. The monoisotopic (exact) mass is 711 g/mol. The lowest BCUT2D eigenvalue weighted by atomic mass is 9.41. The van der Waals surface area contributed by atoms with Gasteiger partial charge in [0.2, 0.25) is 5.91 Å². The number of rotatable bonds is 6. The summed E-state index contributed by atoms with van der Waals surface area (Å²) >= 11 is 0. The summed E-state index contributed by atoms with van der Waals surface area (Å²) in [5.74, 6) is 1.11. The third-order valence-electron chi connectivity index (χ3n) is 16.8. The van der Waals surface area contributed by atoms with Gasteiger partial charge >= 0.3 is 0 Å². The lowest BCUT2D eigenvalue weighted by Gasteiger charge is -2.64. The van der Waals surface area contributed by atoms with Crippen molar-refractivity contribution in [1.82, 2.24) is 4.90 Å². The smallest absolute Gasteiger partial charge is 0.227 e. The van der Waals surface area contributed by atoms with Crippen LogP contribution in [-0.2, 0) is 25.4 Å². The maximum absolute atomic E-state index is 13.4. The molecule has 9 heteroatoms. The van der Waals surface area contributed by atoms with Crippen LogP contribution in [-0.4, -0.2) is 88.2 Å². The number of hydrogen-bond donors (Lipinski definition) is 3. The van der Waals surface area contributed by atoms with Gasteiger partial charge in [0.15, 0.2) is 6.29 Å². The molecule has 7 fully saturated rings. The molecule has 2 spiro atoms. The third kappa shape index (κ3) is 5.13. The predicted octanol–water partition coefficient (Wildman–Crippen LogP) is 5.88. The first-order chi connectivity index (χ1) is 23.9. The maximum Gasteiger partial charge on any atom is 0.227 e. The Morgan fingerprint density at radius 3 is 2.45 bits per heavy atom. The minimum Gasteiger partial charge on any atom is -0.390 e. The van der Waals surface area contributed by atoms with Gasteiger partial charge in [-0.3, -0.25) is 4.79 Å². The van der Waals surface area contributed by atoms with E-state index >= 15 is 0 Å². The summed E-state index contributed by atoms with van der Waals surface area (Å²) in [6, 6.07) is 6.13. The van der Waals surface area contributed by atoms with Crippen LogP contribution in [0.3, 0.4) is 0 Å². The van der Waals surface area contributed by atoms with Gasteiger partial charge in [0.1, 0.15) is 11.9 Å². The average molecular weight is 712 g/mol. The van der Waals surface area contributed by atoms with Crippen molar-refractivity contribution in [2.45, 2.75) is 149 Å². The van der Waals surface area contributed by atoms with E-state index in [9.17, 15) is 24.5 Å². The van der Waals surface area contributed by atoms with Crippen molar-refractivity contribution in [3.8, 4) is 0 Å². The summed E-state index contributed by atoms with van der Waals surface area (Å²) in [6.45, 7) is 16.5. The molecule has 8 rings (SSSR count). The second-order valence-corrected chi connectivity index (χ2v) is 19.7. The molecular formula is C42H62FNO7. The Morgan fingerprint density at radius 1 is 1.06 bits per heavy atom. The number of aliphatic hydroxyl groups is 3. The number of morpholine rings is 1. The molecule has 5 aliphatic carbocycles. The first-order valence-electron chi connectivity index (χ1n) is 19.9. The number of amides is 1. The van der Waals surface area contributed by atoms with E-state index in [1.807, 2.05) is 4.90 Å². The Hall–Kier alpha value is -1.62. The number of aliphatic hydroxyl groups excluding tert-OH is 2. The van der Waals surface area contributed by atoms with E-state index in [1.54, 1.807) is 26.0 Å². The number of ether oxygens (including phenoxy) is 3. The highest BCUT2D eigenvalue weighted by Gasteiger charge is 2.84. The molecule has 51 heavy (non-hydrogen) atoms. The summed E-state index contributed by atoms with van der Waals surface area (Å²) < 4.78 is 33.0. The van der Waals surface area contributed by atoms with Crippen molar-refractivity contribution in [2.75, 3.05) is 19.7 Å². The van der Waals surface area contributed by atoms with Gasteiger partial charge in [-0.25, -0.2) is 4.39 Å². The van der Waals surface area contributed by atoms with E-state index in [0.717, 1.165) is 37.7 Å². The van der Waals surface area contributed by atoms with E-state index < -0.39 is 30.2 Å². The van der Waals surface area contributed by atoms with Gasteiger partial charge in [-0.15, -0.1) is 0 Å². The number of fused-ring (bicyclic) bond motifs is 4. The van der Waals surface area contributed by atoms with Crippen LogP contribution in [0.5, 0.6) is 0 Å². The Labute approximate surface area is 303 Å². The summed E-state index contributed by atoms with van der Waals surface area (Å²) in [4.78, 5) is 15.0. The molecule has 8 nitrogen and oxygen atoms in total. The van der Waals surface area contributed by atoms with Crippen molar-refractivity contribution in [3.05, 3.63) is 35.6 Å². The van der Waals surface area contributed by atoms with Gasteiger partial charge in [0, 0.05) is 12.0 Å². The minimum atomic E-state index is -1.27. The lowest BCUT2D eigenvalue weighted by molar-refractivity contribution is -0.248. The molecule has 0 bridgehead atoms. The number of halogens is 1. The van der Waals surface area contributed by atoms with Crippen LogP contribution >= 0.6 is 0 Å². The van der Waals surface area contributed by atoms with Crippen LogP contribution in [0.1, 0.15) is 105 Å². The summed E-state index contributed by atoms with van der Waals surface area (Å²) in [5.41, 5.74) is -0.454. The van der Waals surface area contributed by atoms with Crippen LogP contribution in [0.25, 0.3) is 0 Å². The number of carbonyl (C=O) groups excluding carboxylic acids is 1. The molecule has 2 aliphatic heterocycles. The molecule has 1 aromatic rings. The molecule has 2 heterocycles. The van der Waals surface area contributed by atoms with Crippen molar-refractivity contribution >= 4 is 5.91 Å². The van der Waals surface area contributed by atoms with Gasteiger partial charge in [-0.1, -0.05) is 46.8 Å². The van der Waals surface area contributed by atoms with Crippen molar-refractivity contribution in [2.24, 2.45) is 50.7 Å². The Kier molecular flexibility index (Phi) is 8.51. The molecule has 7 aliphatic rings. The molecule has 5 saturated carbocycles. The molecule has 2 saturated heterocycles. The summed E-state index contributed by atoms with van der Waals surface area (Å²) in [7, 11) is 0. The van der Waals surface area contributed by atoms with E-state index in [0.29, 0.717) is 38.0 Å². The van der Waals surface area contributed by atoms with Crippen LogP contribution in [0.2, 0.25) is 0 Å². The zero-order valence-corrected chi connectivity index (χ0v) is 31.9. The molecule has 1 amide bonds. The lowest BCUT2D eigenvalue weighted by Crippen LogP contribution is -2.60. The second-order valence-electron chi connectivity index (χ2n) is 19.7. The Balaban J connectivity index is 0.976. The van der Waals surface area contributed by atoms with E-state index in [2.05, 4.69) is 34.6 Å². The van der Waals surface area contributed by atoms with E-state index in [-0.39, 0.29) is 69.3 Å². The van der Waals surface area contributed by atoms with Crippen LogP contribution in [0.15, 0.2) is 24.3 Å². The molecule has 1 aromatic carbocycles. The van der Waals surface area contributed by atoms with Crippen LogP contribution in [0, 0.1) is 56.6 Å². The SMILES string of the molecule is C[C@@H]1C[C@H]([C@H](O)C(C)(C)O)O[C@H]2C1[C@@]1(C)CC[C@@]34CC35CCC(OC3CN(C(=O)Cc6ccc(F)cc6)CCO3)C(C)(C)[C@@H]5CC[C@H]4[C@]1(C)[C@H]2O. The zero-order chi connectivity index (χ0) is 36.5. The largest absolute Gasteiger partial charge is 0.390 e. The fourth-order valence-electron chi connectivity index (χ4n) is 14.2. The number of hydrogen-bond acceptors (Lipinski definition) is 7. The van der Waals surface area contributed by atoms with Gasteiger partial charge in [0.25, 0.3) is 0 Å². The zero-order valence-electron chi connectivity index (χ0n) is 31.9. The van der Waals surface area contributed by atoms with Crippen molar-refractivity contribution in [3.63, 3.8) is 0 Å². The molecule has 4 unspecified atom stereocenters. The fourth-order valence-corrected chi connectivity index (χ4v) is 14.2. The number of nitrogens with zero attached hydrogens (tertiary/aromatic N) is 1. The minimum absolute atomic E-state index is 0.00840. The molecule has 3 N–H and O–H groups in total. The summed E-state index contributed by atoms with van der Waals surface area (Å²) in [5, 5.41) is 34.2. The van der Waals surface area contributed by atoms with Gasteiger partial charge in [0.05, 0.1) is 49.6 Å². The highest BCUT2D eigenvalue weighted by Crippen LogP contribution is 2.89. The number of carbonyl (C=O) groups is 1. The van der Waals surface area contributed by atoms with Crippen molar-refractivity contribution < 1.29 is 38.7 Å². The first kappa shape index (κ1) is 36.4. The standard InChI is InChI=1S/C42H62FNO7/c1-24-20-27(35(46)38(4,5)48)50-34-33(24)39(6)16-17-42-23-41(42)15-14-30(37(2,3)28(41)12-13-29(42)40(39,7)36(34)47)51-32-22-44(18-19-49-32)31(45)21-25-8-10-26(43)11-9-25/h8-11,24,27-30,32-36,46-48H,12-23H2,1-7H3/t24-,27-,28+,29+,30?,32?,33?,34+,35+,36+,39-,40-,41?,42+/m1/s1. The fraction of sp³-hybridized carbons (Fsp3) is 0.833. The average Bonchev–Trinajstić information content (AvgIpc) is 3.71. The maximum atomic E-state index is 13.4. The van der Waals surface area contributed by atoms with E-state index in [1.165, 1.54) is 25.0 Å². The highest BCUT2D eigenvalue weighted by molar-refractivity contribution is 5.78. The normalized spacial score (nSPS) is 47.7.